The smallest absolute Gasteiger partial charge is 0.394 e. The van der Waals surface area contributed by atoms with Gasteiger partial charge in [-0.25, -0.2) is 22.5 Å². The SMILES string of the molecule is CC1(C)CCC(CN2CCN(c3ccc(C(=O)NS(=O)(=O)c4ccc(OCC5(F)CCOCC5)c([N+](=O)[O-])c4)c(Oc4cnc5[nH]ccc5c4)c3)CC2)=C(C23CC(C(F)(F)F)(C2)C3)C1. The molecule has 342 valence electrons. The summed E-state index contributed by atoms with van der Waals surface area (Å²) >= 11 is 0. The minimum atomic E-state index is -4.70. The Morgan fingerprint density at radius 2 is 1.73 bits per heavy atom. The summed E-state index contributed by atoms with van der Waals surface area (Å²) < 4.78 is 103. The first-order valence-electron chi connectivity index (χ1n) is 21.5. The summed E-state index contributed by atoms with van der Waals surface area (Å²) in [5, 5.41) is 12.7. The Balaban J connectivity index is 0.918. The maximum absolute atomic E-state index is 15.2. The van der Waals surface area contributed by atoms with Gasteiger partial charge in [0, 0.05) is 88.2 Å². The molecule has 2 N–H and O–H groups in total. The van der Waals surface area contributed by atoms with E-state index in [0.29, 0.717) is 44.1 Å². The summed E-state index contributed by atoms with van der Waals surface area (Å²) in [5.41, 5.74) is -0.550. The fraction of sp³-hybridized carbons (Fsp3) is 0.511. The summed E-state index contributed by atoms with van der Waals surface area (Å²) in [6.45, 7) is 7.56. The fourth-order valence-corrected chi connectivity index (χ4v) is 11.2. The highest BCUT2D eigenvalue weighted by Gasteiger charge is 2.79. The minimum absolute atomic E-state index is 0.0297. The number of pyridine rings is 1. The first kappa shape index (κ1) is 44.0. The highest BCUT2D eigenvalue weighted by Crippen LogP contribution is 2.82. The van der Waals surface area contributed by atoms with Gasteiger partial charge < -0.3 is 24.1 Å². The van der Waals surface area contributed by atoms with E-state index in [4.69, 9.17) is 14.2 Å². The number of halogens is 4. The standard InChI is InChI=1S/C45H50F4N6O8S/c1-41(2)9-7-30(35(22-41)42-25-43(26-42,27-42)45(47,48)49)24-53-13-15-54(16-14-53)31-3-5-34(38(20-31)63-32-19-29-8-12-50-39(29)51-23-32)40(56)52-64(59,60)33-4-6-37(36(21-33)55(57)58)62-28-44(46)10-17-61-18-11-44/h3-6,8,12,19-21,23H,7,9-11,13-18,22,24-28H2,1-2H3,(H,50,51)(H,52,56). The van der Waals surface area contributed by atoms with Gasteiger partial charge in [0.15, 0.2) is 5.75 Å². The molecule has 0 radical (unpaired) electrons. The molecule has 10 rings (SSSR count). The number of nitrogens with one attached hydrogen (secondary N) is 2. The van der Waals surface area contributed by atoms with Crippen LogP contribution in [0.15, 0.2) is 77.0 Å². The topological polar surface area (TPSA) is 169 Å². The van der Waals surface area contributed by atoms with E-state index in [-0.39, 0.29) is 79.0 Å². The van der Waals surface area contributed by atoms with E-state index in [1.54, 1.807) is 30.5 Å². The molecular weight excluding hydrogens is 861 g/mol. The maximum atomic E-state index is 15.2. The van der Waals surface area contributed by atoms with Crippen molar-refractivity contribution < 1.29 is 49.9 Å². The van der Waals surface area contributed by atoms with Gasteiger partial charge in [-0.2, -0.15) is 13.2 Å². The number of alkyl halides is 4. The average molecular weight is 911 g/mol. The fourth-order valence-electron chi connectivity index (χ4n) is 10.2. The van der Waals surface area contributed by atoms with Crippen LogP contribution in [-0.4, -0.2) is 98.5 Å². The second-order valence-electron chi connectivity index (χ2n) is 19.0. The van der Waals surface area contributed by atoms with E-state index >= 15 is 4.39 Å². The zero-order valence-corrected chi connectivity index (χ0v) is 36.4. The summed E-state index contributed by atoms with van der Waals surface area (Å²) in [6.07, 6.45) is 2.41. The summed E-state index contributed by atoms with van der Waals surface area (Å²) in [4.78, 5) is 36.3. The molecule has 19 heteroatoms. The molecule has 2 bridgehead atoms. The Labute approximate surface area is 367 Å². The van der Waals surface area contributed by atoms with Gasteiger partial charge in [-0.15, -0.1) is 0 Å². The number of piperazine rings is 1. The van der Waals surface area contributed by atoms with E-state index in [9.17, 15) is 36.5 Å². The number of nitro groups is 1. The van der Waals surface area contributed by atoms with Gasteiger partial charge >= 0.3 is 11.9 Å². The monoisotopic (exact) mass is 910 g/mol. The lowest BCUT2D eigenvalue weighted by Gasteiger charge is -2.72. The van der Waals surface area contributed by atoms with Gasteiger partial charge in [0.1, 0.15) is 29.4 Å². The molecule has 64 heavy (non-hydrogen) atoms. The summed E-state index contributed by atoms with van der Waals surface area (Å²) in [6, 6.07) is 11.1. The Morgan fingerprint density at radius 3 is 2.44 bits per heavy atom. The lowest BCUT2D eigenvalue weighted by Crippen LogP contribution is -2.69. The molecule has 0 unspecified atom stereocenters. The molecule has 4 aliphatic carbocycles. The number of rotatable bonds is 13. The lowest BCUT2D eigenvalue weighted by atomic mass is 9.31. The van der Waals surface area contributed by atoms with Crippen molar-refractivity contribution in [1.82, 2.24) is 19.6 Å². The number of aromatic nitrogens is 2. The van der Waals surface area contributed by atoms with Crippen molar-refractivity contribution in [2.45, 2.75) is 82.0 Å². The largest absolute Gasteiger partial charge is 0.483 e. The molecule has 4 heterocycles. The normalized spacial score (nSPS) is 24.4. The number of hydrogen-bond acceptors (Lipinski definition) is 11. The van der Waals surface area contributed by atoms with Gasteiger partial charge in [0.25, 0.3) is 15.9 Å². The molecule has 0 spiro atoms. The highest BCUT2D eigenvalue weighted by atomic mass is 32.2. The predicted molar refractivity (Wildman–Crippen MR) is 228 cm³/mol. The van der Waals surface area contributed by atoms with Crippen molar-refractivity contribution in [3.8, 4) is 17.2 Å². The number of nitrogens with zero attached hydrogens (tertiary/aromatic N) is 4. The molecule has 0 atom stereocenters. The van der Waals surface area contributed by atoms with Crippen molar-refractivity contribution in [2.24, 2.45) is 16.2 Å². The van der Waals surface area contributed by atoms with E-state index < -0.39 is 55.3 Å². The number of carbonyl (C=O) groups is 1. The van der Waals surface area contributed by atoms with E-state index in [1.807, 2.05) is 4.72 Å². The zero-order chi connectivity index (χ0) is 45.3. The minimum Gasteiger partial charge on any atom is -0.483 e. The van der Waals surface area contributed by atoms with Crippen LogP contribution in [0.4, 0.5) is 28.9 Å². The van der Waals surface area contributed by atoms with Crippen molar-refractivity contribution in [2.75, 3.05) is 57.4 Å². The van der Waals surface area contributed by atoms with Crippen molar-refractivity contribution in [3.63, 3.8) is 0 Å². The number of fused-ring (bicyclic) bond motifs is 1. The molecule has 5 fully saturated rings. The number of carbonyl (C=O) groups excluding carboxylic acids is 1. The number of ether oxygens (including phenoxy) is 3. The number of nitro benzene ring substituents is 1. The molecule has 3 saturated carbocycles. The zero-order valence-electron chi connectivity index (χ0n) is 35.6. The lowest BCUT2D eigenvalue weighted by molar-refractivity contribution is -0.386. The van der Waals surface area contributed by atoms with Gasteiger partial charge in [-0.1, -0.05) is 25.0 Å². The molecule has 1 amide bonds. The van der Waals surface area contributed by atoms with Gasteiger partial charge in [-0.3, -0.25) is 19.8 Å². The Hall–Kier alpha value is -5.27. The van der Waals surface area contributed by atoms with Crippen LogP contribution >= 0.6 is 0 Å². The third-order valence-electron chi connectivity index (χ3n) is 14.0. The molecular formula is C45H50F4N6O8S. The van der Waals surface area contributed by atoms with Crippen LogP contribution in [0.1, 0.15) is 75.6 Å². The molecule has 4 aromatic rings. The predicted octanol–water partition coefficient (Wildman–Crippen LogP) is 8.64. The van der Waals surface area contributed by atoms with E-state index in [1.165, 1.54) is 23.4 Å². The Morgan fingerprint density at radius 1 is 1.00 bits per heavy atom. The van der Waals surface area contributed by atoms with Crippen LogP contribution in [0.3, 0.4) is 0 Å². The van der Waals surface area contributed by atoms with Crippen LogP contribution in [-0.2, 0) is 14.8 Å². The first-order valence-corrected chi connectivity index (χ1v) is 23.0. The molecule has 2 aromatic heterocycles. The van der Waals surface area contributed by atoms with Crippen molar-refractivity contribution in [3.05, 3.63) is 87.7 Å². The van der Waals surface area contributed by atoms with Gasteiger partial charge in [0.2, 0.25) is 0 Å². The molecule has 2 saturated heterocycles. The van der Waals surface area contributed by atoms with Gasteiger partial charge in [0.05, 0.1) is 27.0 Å². The molecule has 6 aliphatic rings. The average Bonchev–Trinajstić information content (AvgIpc) is 3.68. The number of amides is 1. The Kier molecular flexibility index (Phi) is 11.0. The van der Waals surface area contributed by atoms with Crippen LogP contribution in [0.25, 0.3) is 11.0 Å². The van der Waals surface area contributed by atoms with E-state index in [0.717, 1.165) is 42.8 Å². The third kappa shape index (κ3) is 8.41. The molecule has 2 aromatic carbocycles. The number of benzene rings is 2. The van der Waals surface area contributed by atoms with Crippen LogP contribution in [0, 0.1) is 26.4 Å². The van der Waals surface area contributed by atoms with Gasteiger partial charge in [-0.05, 0) is 85.8 Å². The number of hydrogen-bond donors (Lipinski definition) is 2. The van der Waals surface area contributed by atoms with E-state index in [2.05, 4.69) is 33.6 Å². The van der Waals surface area contributed by atoms with Crippen molar-refractivity contribution in [1.29, 1.82) is 0 Å². The highest BCUT2D eigenvalue weighted by molar-refractivity contribution is 7.90. The number of H-pyrrole nitrogens is 1. The summed E-state index contributed by atoms with van der Waals surface area (Å²) in [7, 11) is -4.70. The number of allylic oxidation sites excluding steroid dienone is 1. The summed E-state index contributed by atoms with van der Waals surface area (Å²) in [5.74, 6) is -1.08. The number of anilines is 1. The number of aromatic amines is 1. The third-order valence-corrected chi connectivity index (χ3v) is 15.3. The number of sulfonamides is 1. The van der Waals surface area contributed by atoms with Crippen LogP contribution in [0.5, 0.6) is 17.2 Å². The molecule has 14 nitrogen and oxygen atoms in total. The maximum Gasteiger partial charge on any atom is 0.394 e. The second kappa shape index (κ2) is 16.0. The quantitative estimate of drug-likeness (QED) is 0.0570. The Bertz CT molecular complexity index is 2620. The van der Waals surface area contributed by atoms with Crippen LogP contribution < -0.4 is 19.1 Å². The molecule has 2 aliphatic heterocycles. The van der Waals surface area contributed by atoms with Crippen molar-refractivity contribution >= 4 is 38.3 Å². The van der Waals surface area contributed by atoms with Crippen LogP contribution in [0.2, 0.25) is 0 Å². The first-order chi connectivity index (χ1) is 30.2. The second-order valence-corrected chi connectivity index (χ2v) is 20.7.